The molecule has 0 spiro atoms. The third kappa shape index (κ3) is 5.56. The van der Waals surface area contributed by atoms with Crippen LogP contribution in [0.5, 0.6) is 5.75 Å². The number of hydrogen-bond donors (Lipinski definition) is 1. The zero-order chi connectivity index (χ0) is 15.6. The zero-order valence-electron chi connectivity index (χ0n) is 13.3. The Morgan fingerprint density at radius 2 is 1.95 bits per heavy atom. The number of methoxy groups -OCH3 is 1. The number of carbonyl (C=O) groups is 1. The maximum Gasteiger partial charge on any atom is 0.241 e. The van der Waals surface area contributed by atoms with Crippen LogP contribution in [-0.4, -0.2) is 50.8 Å². The lowest BCUT2D eigenvalue weighted by Gasteiger charge is -2.20. The third-order valence-corrected chi connectivity index (χ3v) is 3.79. The molecule has 5 heteroatoms. The van der Waals surface area contributed by atoms with Crippen LogP contribution in [0.2, 0.25) is 0 Å². The minimum absolute atomic E-state index is 0.174. The summed E-state index contributed by atoms with van der Waals surface area (Å²) in [6.07, 6.45) is 4.71. The highest BCUT2D eigenvalue weighted by Gasteiger charge is 2.14. The highest BCUT2D eigenvalue weighted by atomic mass is 16.5. The van der Waals surface area contributed by atoms with Crippen molar-refractivity contribution in [3.8, 4) is 5.75 Å². The second kappa shape index (κ2) is 9.30. The molecule has 0 aromatic heterocycles. The summed E-state index contributed by atoms with van der Waals surface area (Å²) in [7, 11) is 1.65. The molecule has 1 aromatic carbocycles. The Kier molecular flexibility index (Phi) is 7.03. The SMILES string of the molecule is COCCOc1cccc(NCC(=O)N2CCCCCC2)c1. The molecular formula is C17H26N2O3. The van der Waals surface area contributed by atoms with Gasteiger partial charge in [-0.2, -0.15) is 0 Å². The molecule has 0 atom stereocenters. The lowest BCUT2D eigenvalue weighted by atomic mass is 10.2. The number of benzene rings is 1. The summed E-state index contributed by atoms with van der Waals surface area (Å²) in [6.45, 7) is 3.20. The van der Waals surface area contributed by atoms with Gasteiger partial charge in [-0.3, -0.25) is 4.79 Å². The van der Waals surface area contributed by atoms with Gasteiger partial charge in [-0.25, -0.2) is 0 Å². The summed E-state index contributed by atoms with van der Waals surface area (Å²) < 4.78 is 10.5. The average molecular weight is 306 g/mol. The molecule has 0 radical (unpaired) electrons. The predicted octanol–water partition coefficient (Wildman–Crippen LogP) is 2.53. The van der Waals surface area contributed by atoms with Gasteiger partial charge in [-0.15, -0.1) is 0 Å². The fraction of sp³-hybridized carbons (Fsp3) is 0.588. The smallest absolute Gasteiger partial charge is 0.241 e. The summed E-state index contributed by atoms with van der Waals surface area (Å²) in [5, 5.41) is 3.19. The van der Waals surface area contributed by atoms with Gasteiger partial charge in [0.1, 0.15) is 12.4 Å². The first kappa shape index (κ1) is 16.6. The molecule has 1 heterocycles. The van der Waals surface area contributed by atoms with Crippen LogP contribution in [0.4, 0.5) is 5.69 Å². The van der Waals surface area contributed by atoms with Gasteiger partial charge < -0.3 is 19.7 Å². The summed E-state index contributed by atoms with van der Waals surface area (Å²) in [5.74, 6) is 0.955. The van der Waals surface area contributed by atoms with Gasteiger partial charge in [0.05, 0.1) is 13.2 Å². The quantitative estimate of drug-likeness (QED) is 0.787. The number of rotatable bonds is 7. The van der Waals surface area contributed by atoms with Gasteiger partial charge in [0.25, 0.3) is 0 Å². The number of likely N-dealkylation sites (tertiary alicyclic amines) is 1. The van der Waals surface area contributed by atoms with Crippen molar-refractivity contribution in [3.63, 3.8) is 0 Å². The van der Waals surface area contributed by atoms with Crippen LogP contribution in [0.3, 0.4) is 0 Å². The lowest BCUT2D eigenvalue weighted by molar-refractivity contribution is -0.129. The first-order valence-electron chi connectivity index (χ1n) is 8.03. The molecule has 0 saturated carbocycles. The minimum Gasteiger partial charge on any atom is -0.491 e. The second-order valence-corrected chi connectivity index (χ2v) is 5.52. The molecule has 2 rings (SSSR count). The highest BCUT2D eigenvalue weighted by molar-refractivity contribution is 5.81. The van der Waals surface area contributed by atoms with E-state index in [0.717, 1.165) is 37.4 Å². The molecule has 1 N–H and O–H groups in total. The van der Waals surface area contributed by atoms with Crippen molar-refractivity contribution < 1.29 is 14.3 Å². The Labute approximate surface area is 132 Å². The molecule has 22 heavy (non-hydrogen) atoms. The number of amides is 1. The first-order valence-corrected chi connectivity index (χ1v) is 8.03. The van der Waals surface area contributed by atoms with E-state index in [1.807, 2.05) is 29.2 Å². The second-order valence-electron chi connectivity index (χ2n) is 5.52. The van der Waals surface area contributed by atoms with Gasteiger partial charge in [-0.05, 0) is 25.0 Å². The Balaban J connectivity index is 1.80. The van der Waals surface area contributed by atoms with Gasteiger partial charge >= 0.3 is 0 Å². The molecule has 1 amide bonds. The van der Waals surface area contributed by atoms with Crippen LogP contribution in [0.1, 0.15) is 25.7 Å². The van der Waals surface area contributed by atoms with Crippen LogP contribution in [0.25, 0.3) is 0 Å². The van der Waals surface area contributed by atoms with E-state index in [4.69, 9.17) is 9.47 Å². The number of anilines is 1. The molecule has 1 fully saturated rings. The third-order valence-electron chi connectivity index (χ3n) is 3.79. The molecule has 122 valence electrons. The standard InChI is InChI=1S/C17H26N2O3/c1-21-11-12-22-16-8-6-7-15(13-16)18-14-17(20)19-9-4-2-3-5-10-19/h6-8,13,18H,2-5,9-12,14H2,1H3. The molecule has 0 unspecified atom stereocenters. The van der Waals surface area contributed by atoms with Crippen molar-refractivity contribution in [1.82, 2.24) is 4.90 Å². The number of carbonyl (C=O) groups excluding carboxylic acids is 1. The van der Waals surface area contributed by atoms with E-state index >= 15 is 0 Å². The Hall–Kier alpha value is -1.75. The van der Waals surface area contributed by atoms with E-state index in [2.05, 4.69) is 5.32 Å². The molecule has 1 aromatic rings. The van der Waals surface area contributed by atoms with Crippen molar-refractivity contribution in [1.29, 1.82) is 0 Å². The highest BCUT2D eigenvalue weighted by Crippen LogP contribution is 2.17. The monoisotopic (exact) mass is 306 g/mol. The van der Waals surface area contributed by atoms with E-state index in [-0.39, 0.29) is 5.91 Å². The normalized spacial score (nSPS) is 15.2. The first-order chi connectivity index (χ1) is 10.8. The predicted molar refractivity (Wildman–Crippen MR) is 87.4 cm³/mol. The fourth-order valence-electron chi connectivity index (χ4n) is 2.55. The van der Waals surface area contributed by atoms with Crippen molar-refractivity contribution in [2.75, 3.05) is 45.3 Å². The Morgan fingerprint density at radius 3 is 2.68 bits per heavy atom. The van der Waals surface area contributed by atoms with E-state index in [1.54, 1.807) is 7.11 Å². The van der Waals surface area contributed by atoms with E-state index in [9.17, 15) is 4.79 Å². The summed E-state index contributed by atoms with van der Waals surface area (Å²) >= 11 is 0. The maximum absolute atomic E-state index is 12.2. The number of ether oxygens (including phenoxy) is 2. The molecule has 1 aliphatic rings. The van der Waals surface area contributed by atoms with Gasteiger partial charge in [-0.1, -0.05) is 18.9 Å². The van der Waals surface area contributed by atoms with Gasteiger partial charge in [0.2, 0.25) is 5.91 Å². The van der Waals surface area contributed by atoms with E-state index in [0.29, 0.717) is 19.8 Å². The van der Waals surface area contributed by atoms with E-state index < -0.39 is 0 Å². The van der Waals surface area contributed by atoms with Crippen molar-refractivity contribution in [2.24, 2.45) is 0 Å². The van der Waals surface area contributed by atoms with Crippen LogP contribution < -0.4 is 10.1 Å². The average Bonchev–Trinajstić information content (AvgIpc) is 2.83. The molecule has 0 bridgehead atoms. The van der Waals surface area contributed by atoms with Crippen LogP contribution in [0, 0.1) is 0 Å². The largest absolute Gasteiger partial charge is 0.491 e. The Bertz CT molecular complexity index is 457. The zero-order valence-corrected chi connectivity index (χ0v) is 13.3. The van der Waals surface area contributed by atoms with Crippen LogP contribution in [-0.2, 0) is 9.53 Å². The van der Waals surface area contributed by atoms with Crippen molar-refractivity contribution in [2.45, 2.75) is 25.7 Å². The fourth-order valence-corrected chi connectivity index (χ4v) is 2.55. The molecule has 1 saturated heterocycles. The molecular weight excluding hydrogens is 280 g/mol. The van der Waals surface area contributed by atoms with Gasteiger partial charge in [0.15, 0.2) is 0 Å². The summed E-state index contributed by atoms with van der Waals surface area (Å²) in [5.41, 5.74) is 0.901. The summed E-state index contributed by atoms with van der Waals surface area (Å²) in [4.78, 5) is 14.2. The van der Waals surface area contributed by atoms with E-state index in [1.165, 1.54) is 12.8 Å². The van der Waals surface area contributed by atoms with Gasteiger partial charge in [0, 0.05) is 32.0 Å². The van der Waals surface area contributed by atoms with Crippen LogP contribution in [0.15, 0.2) is 24.3 Å². The minimum atomic E-state index is 0.174. The maximum atomic E-state index is 12.2. The lowest BCUT2D eigenvalue weighted by Crippen LogP contribution is -2.36. The van der Waals surface area contributed by atoms with Crippen LogP contribution >= 0.6 is 0 Å². The van der Waals surface area contributed by atoms with Crippen molar-refractivity contribution >= 4 is 11.6 Å². The summed E-state index contributed by atoms with van der Waals surface area (Å²) in [6, 6.07) is 7.67. The molecule has 1 aliphatic heterocycles. The molecule has 0 aliphatic carbocycles. The topological polar surface area (TPSA) is 50.8 Å². The Morgan fingerprint density at radius 1 is 1.18 bits per heavy atom. The number of hydrogen-bond acceptors (Lipinski definition) is 4. The van der Waals surface area contributed by atoms with Crippen molar-refractivity contribution in [3.05, 3.63) is 24.3 Å². The number of nitrogens with one attached hydrogen (secondary N) is 1. The molecule has 5 nitrogen and oxygen atoms in total. The number of nitrogens with zero attached hydrogens (tertiary/aromatic N) is 1.